The van der Waals surface area contributed by atoms with Crippen LogP contribution >= 0.6 is 11.8 Å². The average Bonchev–Trinajstić information content (AvgIpc) is 2.30. The minimum Gasteiger partial charge on any atom is -0.395 e. The molecule has 2 N–H and O–H groups in total. The molecule has 16 heavy (non-hydrogen) atoms. The van der Waals surface area contributed by atoms with Crippen molar-refractivity contribution in [1.29, 1.82) is 0 Å². The fourth-order valence-electron chi connectivity index (χ4n) is 1.38. The Morgan fingerprint density at radius 2 is 2.12 bits per heavy atom. The Morgan fingerprint density at radius 3 is 2.69 bits per heavy atom. The molecule has 0 aliphatic carbocycles. The van der Waals surface area contributed by atoms with Gasteiger partial charge in [0.15, 0.2) is 0 Å². The molecule has 2 atom stereocenters. The molecule has 2 nitrogen and oxygen atoms in total. The number of hydrogen-bond acceptors (Lipinski definition) is 3. The first kappa shape index (κ1) is 13.5. The van der Waals surface area contributed by atoms with Gasteiger partial charge in [-0.1, -0.05) is 19.1 Å². The Balaban J connectivity index is 3.03. The van der Waals surface area contributed by atoms with Gasteiger partial charge in [-0.25, -0.2) is 4.39 Å². The van der Waals surface area contributed by atoms with Crippen molar-refractivity contribution in [2.45, 2.75) is 30.0 Å². The molecule has 0 fully saturated rings. The zero-order valence-corrected chi connectivity index (χ0v) is 10.6. The van der Waals surface area contributed by atoms with E-state index in [1.54, 1.807) is 6.07 Å². The summed E-state index contributed by atoms with van der Waals surface area (Å²) in [5, 5.41) is 12.1. The molecule has 0 heterocycles. The molecule has 90 valence electrons. The van der Waals surface area contributed by atoms with Crippen molar-refractivity contribution in [3.8, 4) is 0 Å². The number of aliphatic hydroxyl groups excluding tert-OH is 1. The average molecular weight is 243 g/mol. The summed E-state index contributed by atoms with van der Waals surface area (Å²) >= 11 is 1.38. The first-order valence-corrected chi connectivity index (χ1v) is 6.21. The van der Waals surface area contributed by atoms with Gasteiger partial charge in [0.2, 0.25) is 0 Å². The fourth-order valence-corrected chi connectivity index (χ4v) is 2.42. The van der Waals surface area contributed by atoms with Crippen LogP contribution in [0.1, 0.15) is 25.5 Å². The van der Waals surface area contributed by atoms with Crippen molar-refractivity contribution < 1.29 is 9.50 Å². The van der Waals surface area contributed by atoms with Gasteiger partial charge in [-0.2, -0.15) is 0 Å². The van der Waals surface area contributed by atoms with Gasteiger partial charge in [0, 0.05) is 16.2 Å². The molecule has 4 heteroatoms. The van der Waals surface area contributed by atoms with Crippen LogP contribution in [0.2, 0.25) is 0 Å². The first-order valence-electron chi connectivity index (χ1n) is 5.33. The van der Waals surface area contributed by atoms with Gasteiger partial charge in [-0.15, -0.1) is 11.8 Å². The standard InChI is InChI=1S/C12H18FNOS/c1-8(7-15)16-12-10(9(2)14-3)5-4-6-11(12)13/h4-6,8-9,14-15H,7H2,1-3H3. The van der Waals surface area contributed by atoms with E-state index in [4.69, 9.17) is 5.11 Å². The highest BCUT2D eigenvalue weighted by Crippen LogP contribution is 2.32. The van der Waals surface area contributed by atoms with Crippen LogP contribution in [-0.4, -0.2) is 24.0 Å². The number of rotatable bonds is 5. The van der Waals surface area contributed by atoms with Gasteiger partial charge in [0.05, 0.1) is 6.61 Å². The molecule has 0 saturated heterocycles. The summed E-state index contributed by atoms with van der Waals surface area (Å²) in [5.41, 5.74) is 0.938. The monoisotopic (exact) mass is 243 g/mol. The van der Waals surface area contributed by atoms with Crippen molar-refractivity contribution in [1.82, 2.24) is 5.32 Å². The van der Waals surface area contributed by atoms with E-state index >= 15 is 0 Å². The molecular formula is C12H18FNOS. The highest BCUT2D eigenvalue weighted by atomic mass is 32.2. The zero-order valence-electron chi connectivity index (χ0n) is 9.83. The van der Waals surface area contributed by atoms with Crippen molar-refractivity contribution in [3.05, 3.63) is 29.6 Å². The number of nitrogens with one attached hydrogen (secondary N) is 1. The molecule has 0 bridgehead atoms. The van der Waals surface area contributed by atoms with Crippen LogP contribution < -0.4 is 5.32 Å². The van der Waals surface area contributed by atoms with Crippen LogP contribution in [0.25, 0.3) is 0 Å². The zero-order chi connectivity index (χ0) is 12.1. The van der Waals surface area contributed by atoms with E-state index in [2.05, 4.69) is 5.32 Å². The molecule has 0 aliphatic heterocycles. The highest BCUT2D eigenvalue weighted by molar-refractivity contribution is 8.00. The van der Waals surface area contributed by atoms with E-state index in [1.807, 2.05) is 27.0 Å². The maximum absolute atomic E-state index is 13.7. The normalized spacial score (nSPS) is 14.8. The smallest absolute Gasteiger partial charge is 0.137 e. The summed E-state index contributed by atoms with van der Waals surface area (Å²) in [4.78, 5) is 0.630. The van der Waals surface area contributed by atoms with Gasteiger partial charge in [0.1, 0.15) is 5.82 Å². The second-order valence-electron chi connectivity index (χ2n) is 3.78. The van der Waals surface area contributed by atoms with E-state index in [0.29, 0.717) is 4.90 Å². The van der Waals surface area contributed by atoms with E-state index in [1.165, 1.54) is 17.8 Å². The molecule has 0 amide bonds. The molecule has 1 aromatic carbocycles. The van der Waals surface area contributed by atoms with Crippen LogP contribution in [0.4, 0.5) is 4.39 Å². The van der Waals surface area contributed by atoms with E-state index < -0.39 is 0 Å². The predicted molar refractivity (Wildman–Crippen MR) is 66.3 cm³/mol. The quantitative estimate of drug-likeness (QED) is 0.780. The third-order valence-electron chi connectivity index (χ3n) is 2.47. The summed E-state index contributed by atoms with van der Waals surface area (Å²) < 4.78 is 13.7. The second kappa shape index (κ2) is 6.23. The summed E-state index contributed by atoms with van der Waals surface area (Å²) in [6, 6.07) is 5.19. The lowest BCUT2D eigenvalue weighted by Gasteiger charge is -2.17. The van der Waals surface area contributed by atoms with Crippen LogP contribution in [0, 0.1) is 5.82 Å². The highest BCUT2D eigenvalue weighted by Gasteiger charge is 2.15. The Kier molecular flexibility index (Phi) is 5.25. The van der Waals surface area contributed by atoms with E-state index in [9.17, 15) is 4.39 Å². The van der Waals surface area contributed by atoms with E-state index in [0.717, 1.165) is 5.56 Å². The third-order valence-corrected chi connectivity index (χ3v) is 3.69. The van der Waals surface area contributed by atoms with Gasteiger partial charge in [0.25, 0.3) is 0 Å². The summed E-state index contributed by atoms with van der Waals surface area (Å²) in [6.07, 6.45) is 0. The molecule has 0 radical (unpaired) electrons. The summed E-state index contributed by atoms with van der Waals surface area (Å²) in [6.45, 7) is 3.92. The van der Waals surface area contributed by atoms with Gasteiger partial charge >= 0.3 is 0 Å². The maximum atomic E-state index is 13.7. The number of hydrogen-bond donors (Lipinski definition) is 2. The topological polar surface area (TPSA) is 32.3 Å². The van der Waals surface area contributed by atoms with Crippen LogP contribution in [0.15, 0.2) is 23.1 Å². The number of thioether (sulfide) groups is 1. The van der Waals surface area contributed by atoms with Crippen LogP contribution in [0.5, 0.6) is 0 Å². The van der Waals surface area contributed by atoms with Crippen molar-refractivity contribution >= 4 is 11.8 Å². The molecule has 0 aliphatic rings. The molecule has 0 saturated carbocycles. The summed E-state index contributed by atoms with van der Waals surface area (Å²) in [5.74, 6) is -0.218. The fraction of sp³-hybridized carbons (Fsp3) is 0.500. The third kappa shape index (κ3) is 3.20. The minimum atomic E-state index is -0.218. The van der Waals surface area contributed by atoms with Crippen LogP contribution in [-0.2, 0) is 0 Å². The molecular weight excluding hydrogens is 225 g/mol. The lowest BCUT2D eigenvalue weighted by atomic mass is 10.1. The molecule has 0 spiro atoms. The predicted octanol–water partition coefficient (Wildman–Crippen LogP) is 2.58. The summed E-state index contributed by atoms with van der Waals surface area (Å²) in [7, 11) is 1.85. The Morgan fingerprint density at radius 1 is 1.44 bits per heavy atom. The van der Waals surface area contributed by atoms with E-state index in [-0.39, 0.29) is 23.7 Å². The van der Waals surface area contributed by atoms with Gasteiger partial charge < -0.3 is 10.4 Å². The van der Waals surface area contributed by atoms with Crippen molar-refractivity contribution in [2.75, 3.05) is 13.7 Å². The van der Waals surface area contributed by atoms with Gasteiger partial charge in [-0.05, 0) is 25.6 Å². The Bertz CT molecular complexity index is 346. The molecule has 0 aromatic heterocycles. The Hall–Kier alpha value is -0.580. The maximum Gasteiger partial charge on any atom is 0.137 e. The number of aliphatic hydroxyl groups is 1. The molecule has 1 rings (SSSR count). The lowest BCUT2D eigenvalue weighted by Crippen LogP contribution is -2.14. The Labute approximate surface area is 100 Å². The van der Waals surface area contributed by atoms with Gasteiger partial charge in [-0.3, -0.25) is 0 Å². The van der Waals surface area contributed by atoms with Crippen LogP contribution in [0.3, 0.4) is 0 Å². The largest absolute Gasteiger partial charge is 0.395 e. The first-order chi connectivity index (χ1) is 7.60. The lowest BCUT2D eigenvalue weighted by molar-refractivity contribution is 0.300. The SMILES string of the molecule is CNC(C)c1cccc(F)c1SC(C)CO. The number of halogens is 1. The molecule has 2 unspecified atom stereocenters. The molecule has 1 aromatic rings. The van der Waals surface area contributed by atoms with Crippen molar-refractivity contribution in [3.63, 3.8) is 0 Å². The number of benzene rings is 1. The minimum absolute atomic E-state index is 0.000272. The van der Waals surface area contributed by atoms with Crippen molar-refractivity contribution in [2.24, 2.45) is 0 Å². The second-order valence-corrected chi connectivity index (χ2v) is 5.23.